The summed E-state index contributed by atoms with van der Waals surface area (Å²) in [5, 5.41) is 11.7. The Morgan fingerprint density at radius 2 is 1.58 bits per heavy atom. The molecule has 0 heterocycles. The normalized spacial score (nSPS) is 11.9. The molecule has 24 heavy (non-hydrogen) atoms. The van der Waals surface area contributed by atoms with E-state index in [2.05, 4.69) is 0 Å². The molecule has 0 saturated carbocycles. The zero-order valence-electron chi connectivity index (χ0n) is 13.1. The summed E-state index contributed by atoms with van der Waals surface area (Å²) in [5.41, 5.74) is 0.490. The van der Waals surface area contributed by atoms with Crippen molar-refractivity contribution in [3.63, 3.8) is 0 Å². The smallest absolute Gasteiger partial charge is 0.338 e. The molecule has 0 aliphatic carbocycles. The van der Waals surface area contributed by atoms with Gasteiger partial charge in [0.15, 0.2) is 0 Å². The summed E-state index contributed by atoms with van der Waals surface area (Å²) >= 11 is 0. The Labute approximate surface area is 140 Å². The number of ether oxygens (including phenoxy) is 2. The van der Waals surface area contributed by atoms with E-state index in [4.69, 9.17) is 9.47 Å². The monoisotopic (exact) mass is 322 g/mol. The van der Waals surface area contributed by atoms with Crippen LogP contribution in [0.25, 0.3) is 10.8 Å². The van der Waals surface area contributed by atoms with Crippen LogP contribution in [0.4, 0.5) is 0 Å². The van der Waals surface area contributed by atoms with Crippen LogP contribution in [0, 0.1) is 0 Å². The summed E-state index contributed by atoms with van der Waals surface area (Å²) in [4.78, 5) is 12.3. The van der Waals surface area contributed by atoms with E-state index < -0.39 is 12.1 Å². The van der Waals surface area contributed by atoms with Gasteiger partial charge in [-0.25, -0.2) is 4.79 Å². The topological polar surface area (TPSA) is 55.8 Å². The fourth-order valence-corrected chi connectivity index (χ4v) is 2.41. The Bertz CT molecular complexity index is 809. The molecule has 1 unspecified atom stereocenters. The molecule has 3 rings (SSSR count). The van der Waals surface area contributed by atoms with Gasteiger partial charge >= 0.3 is 5.97 Å². The van der Waals surface area contributed by atoms with Gasteiger partial charge in [0.2, 0.25) is 0 Å². The van der Waals surface area contributed by atoms with Gasteiger partial charge in [0.25, 0.3) is 0 Å². The van der Waals surface area contributed by atoms with E-state index in [0.717, 1.165) is 10.8 Å². The number of benzene rings is 3. The number of para-hydroxylation sites is 1. The van der Waals surface area contributed by atoms with Gasteiger partial charge in [-0.2, -0.15) is 0 Å². The molecule has 3 aromatic carbocycles. The molecule has 0 aliphatic heterocycles. The molecule has 0 spiro atoms. The van der Waals surface area contributed by atoms with Gasteiger partial charge in [-0.15, -0.1) is 0 Å². The molecule has 0 aromatic heterocycles. The Balaban J connectivity index is 1.56. The number of esters is 1. The quantitative estimate of drug-likeness (QED) is 0.706. The van der Waals surface area contributed by atoms with Crippen molar-refractivity contribution in [3.8, 4) is 5.75 Å². The van der Waals surface area contributed by atoms with Crippen LogP contribution in [0.5, 0.6) is 5.75 Å². The lowest BCUT2D eigenvalue weighted by Crippen LogP contribution is -2.25. The number of carbonyl (C=O) groups is 1. The standard InChI is InChI=1S/C20H18O4/c21-16(13-23-17-9-2-1-3-10-17)14-24-20(22)19-12-6-8-15-7-4-5-11-18(15)19/h1-12,16,21H,13-14H2. The first-order valence-electron chi connectivity index (χ1n) is 7.75. The molecule has 4 heteroatoms. The molecule has 0 bridgehead atoms. The maximum absolute atomic E-state index is 12.3. The fraction of sp³-hybridized carbons (Fsp3) is 0.150. The van der Waals surface area contributed by atoms with Gasteiger partial charge in [-0.05, 0) is 29.0 Å². The summed E-state index contributed by atoms with van der Waals surface area (Å²) in [7, 11) is 0. The highest BCUT2D eigenvalue weighted by atomic mass is 16.5. The predicted molar refractivity (Wildman–Crippen MR) is 92.2 cm³/mol. The number of aliphatic hydroxyl groups is 1. The minimum atomic E-state index is -0.885. The third kappa shape index (κ3) is 3.91. The minimum Gasteiger partial charge on any atom is -0.491 e. The van der Waals surface area contributed by atoms with Gasteiger partial charge in [0, 0.05) is 0 Å². The average molecular weight is 322 g/mol. The highest BCUT2D eigenvalue weighted by Crippen LogP contribution is 2.19. The van der Waals surface area contributed by atoms with Crippen LogP contribution in [-0.4, -0.2) is 30.4 Å². The van der Waals surface area contributed by atoms with E-state index in [9.17, 15) is 9.90 Å². The summed E-state index contributed by atoms with van der Waals surface area (Å²) in [6.45, 7) is -0.0539. The van der Waals surface area contributed by atoms with E-state index in [1.807, 2.05) is 54.6 Å². The van der Waals surface area contributed by atoms with Crippen LogP contribution in [0.1, 0.15) is 10.4 Å². The van der Waals surface area contributed by atoms with Crippen LogP contribution in [0.3, 0.4) is 0 Å². The molecular weight excluding hydrogens is 304 g/mol. The van der Waals surface area contributed by atoms with Crippen molar-refractivity contribution in [3.05, 3.63) is 78.4 Å². The Hall–Kier alpha value is -2.85. The molecule has 1 atom stereocenters. The molecule has 0 aliphatic rings. The second-order valence-electron chi connectivity index (χ2n) is 5.40. The summed E-state index contributed by atoms with van der Waals surface area (Å²) in [6, 6.07) is 22.3. The molecule has 3 aromatic rings. The van der Waals surface area contributed by atoms with E-state index in [1.165, 1.54) is 0 Å². The summed E-state index contributed by atoms with van der Waals surface area (Å²) < 4.78 is 10.7. The van der Waals surface area contributed by atoms with Crippen LogP contribution in [0.15, 0.2) is 72.8 Å². The third-order valence-electron chi connectivity index (χ3n) is 3.60. The third-order valence-corrected chi connectivity index (χ3v) is 3.60. The van der Waals surface area contributed by atoms with Gasteiger partial charge in [-0.3, -0.25) is 0 Å². The van der Waals surface area contributed by atoms with Gasteiger partial charge in [0.05, 0.1) is 5.56 Å². The highest BCUT2D eigenvalue weighted by Gasteiger charge is 2.14. The molecule has 4 nitrogen and oxygen atoms in total. The van der Waals surface area contributed by atoms with Crippen molar-refractivity contribution in [1.29, 1.82) is 0 Å². The minimum absolute atomic E-state index is 0.0623. The molecule has 0 fully saturated rings. The van der Waals surface area contributed by atoms with Crippen molar-refractivity contribution >= 4 is 16.7 Å². The SMILES string of the molecule is O=C(OCC(O)COc1ccccc1)c1cccc2ccccc12. The lowest BCUT2D eigenvalue weighted by Gasteiger charge is -2.13. The van der Waals surface area contributed by atoms with Gasteiger partial charge in [0.1, 0.15) is 25.1 Å². The van der Waals surface area contributed by atoms with Gasteiger partial charge < -0.3 is 14.6 Å². The molecule has 1 N–H and O–H groups in total. The first-order valence-corrected chi connectivity index (χ1v) is 7.75. The first-order chi connectivity index (χ1) is 11.7. The molecule has 122 valence electrons. The number of hydrogen-bond acceptors (Lipinski definition) is 4. The Kier molecular flexibility index (Phi) is 5.08. The van der Waals surface area contributed by atoms with Crippen LogP contribution < -0.4 is 4.74 Å². The second-order valence-corrected chi connectivity index (χ2v) is 5.40. The molecule has 0 radical (unpaired) electrons. The number of rotatable bonds is 6. The highest BCUT2D eigenvalue weighted by molar-refractivity contribution is 6.04. The van der Waals surface area contributed by atoms with Gasteiger partial charge in [-0.1, -0.05) is 54.6 Å². The van der Waals surface area contributed by atoms with Crippen LogP contribution >= 0.6 is 0 Å². The van der Waals surface area contributed by atoms with Crippen molar-refractivity contribution in [2.24, 2.45) is 0 Å². The molecular formula is C20H18O4. The lowest BCUT2D eigenvalue weighted by atomic mass is 10.1. The first kappa shape index (κ1) is 16.0. The summed E-state index contributed by atoms with van der Waals surface area (Å²) in [5.74, 6) is 0.211. The van der Waals surface area contributed by atoms with Crippen molar-refractivity contribution < 1.29 is 19.4 Å². The fourth-order valence-electron chi connectivity index (χ4n) is 2.41. The Morgan fingerprint density at radius 1 is 0.875 bits per heavy atom. The van der Waals surface area contributed by atoms with E-state index >= 15 is 0 Å². The molecule has 0 amide bonds. The van der Waals surface area contributed by atoms with Crippen molar-refractivity contribution in [1.82, 2.24) is 0 Å². The van der Waals surface area contributed by atoms with E-state index in [0.29, 0.717) is 11.3 Å². The van der Waals surface area contributed by atoms with Crippen molar-refractivity contribution in [2.45, 2.75) is 6.10 Å². The zero-order chi connectivity index (χ0) is 16.8. The largest absolute Gasteiger partial charge is 0.491 e. The maximum atomic E-state index is 12.3. The van der Waals surface area contributed by atoms with E-state index in [-0.39, 0.29) is 13.2 Å². The maximum Gasteiger partial charge on any atom is 0.338 e. The zero-order valence-corrected chi connectivity index (χ0v) is 13.1. The van der Waals surface area contributed by atoms with Crippen LogP contribution in [-0.2, 0) is 4.74 Å². The number of hydrogen-bond donors (Lipinski definition) is 1. The number of carbonyl (C=O) groups excluding carboxylic acids is 1. The summed E-state index contributed by atoms with van der Waals surface area (Å²) in [6.07, 6.45) is -0.885. The van der Waals surface area contributed by atoms with E-state index in [1.54, 1.807) is 18.2 Å². The predicted octanol–water partition coefficient (Wildman–Crippen LogP) is 3.44. The average Bonchev–Trinajstić information content (AvgIpc) is 2.64. The molecule has 0 saturated heterocycles. The van der Waals surface area contributed by atoms with Crippen molar-refractivity contribution in [2.75, 3.05) is 13.2 Å². The van der Waals surface area contributed by atoms with Crippen LogP contribution in [0.2, 0.25) is 0 Å². The number of fused-ring (bicyclic) bond motifs is 1. The Morgan fingerprint density at radius 3 is 2.42 bits per heavy atom. The lowest BCUT2D eigenvalue weighted by molar-refractivity contribution is 0.0132. The number of aliphatic hydroxyl groups excluding tert-OH is 1. The second kappa shape index (κ2) is 7.62.